The average Bonchev–Trinajstić information content (AvgIpc) is 4.26. The zero-order valence-corrected chi connectivity index (χ0v) is 48.0. The smallest absolute Gasteiger partial charge is 0.337 e. The Morgan fingerprint density at radius 2 is 1.21 bits per heavy atom. The molecule has 2 fully saturated rings. The van der Waals surface area contributed by atoms with Gasteiger partial charge in [0.25, 0.3) is 0 Å². The molecule has 3 N–H and O–H groups in total. The van der Waals surface area contributed by atoms with Gasteiger partial charge in [0.15, 0.2) is 0 Å². The Bertz CT molecular complexity index is 3510. The van der Waals surface area contributed by atoms with Crippen molar-refractivity contribution in [3.05, 3.63) is 143 Å². The van der Waals surface area contributed by atoms with E-state index in [-0.39, 0.29) is 54.0 Å². The van der Waals surface area contributed by atoms with Gasteiger partial charge in [0.05, 0.1) is 81.0 Å². The summed E-state index contributed by atoms with van der Waals surface area (Å²) in [7, 11) is 4.32. The van der Waals surface area contributed by atoms with E-state index in [0.29, 0.717) is 40.5 Å². The van der Waals surface area contributed by atoms with E-state index in [2.05, 4.69) is 129 Å². The Morgan fingerprint density at radius 3 is 1.85 bits per heavy atom. The van der Waals surface area contributed by atoms with Crippen LogP contribution in [0.15, 0.2) is 114 Å². The van der Waals surface area contributed by atoms with Crippen molar-refractivity contribution in [2.24, 2.45) is 35.5 Å². The molecule has 3 aromatic carbocycles. The summed E-state index contributed by atoms with van der Waals surface area (Å²) < 4.78 is 34.7. The number of piperidine rings is 2. The van der Waals surface area contributed by atoms with Gasteiger partial charge >= 0.3 is 17.9 Å². The number of fused-ring (bicyclic) bond motifs is 13. The van der Waals surface area contributed by atoms with Crippen LogP contribution in [-0.4, -0.2) is 144 Å². The number of carbonyl (C=O) groups excluding carboxylic acids is 4. The summed E-state index contributed by atoms with van der Waals surface area (Å²) in [6.45, 7) is 14.2. The monoisotopic (exact) mass is 1120 g/mol. The number of hydrogen-bond donors (Lipinski definition) is 3. The van der Waals surface area contributed by atoms with E-state index in [1.54, 1.807) is 18.8 Å². The van der Waals surface area contributed by atoms with Crippen LogP contribution in [0.25, 0.3) is 32.7 Å². The lowest BCUT2D eigenvalue weighted by molar-refractivity contribution is -0.545. The molecule has 3 aromatic heterocycles. The maximum absolute atomic E-state index is 12.3. The zero-order chi connectivity index (χ0) is 57.3. The summed E-state index contributed by atoms with van der Waals surface area (Å²) >= 11 is 0. The number of H-pyrrole nitrogens is 3. The molecule has 9 unspecified atom stereocenters. The van der Waals surface area contributed by atoms with E-state index in [1.807, 2.05) is 0 Å². The third kappa shape index (κ3) is 11.0. The van der Waals surface area contributed by atoms with Gasteiger partial charge in [-0.3, -0.25) is 4.90 Å². The summed E-state index contributed by atoms with van der Waals surface area (Å²) in [5.74, 6) is -0.304. The second-order valence-electron chi connectivity index (χ2n) is 23.1. The fourth-order valence-corrected chi connectivity index (χ4v) is 14.5. The van der Waals surface area contributed by atoms with Crippen molar-refractivity contribution in [3.63, 3.8) is 0 Å². The second kappa shape index (κ2) is 24.1. The van der Waals surface area contributed by atoms with Crippen LogP contribution < -0.4 is 5.11 Å². The Morgan fingerprint density at radius 1 is 0.659 bits per heavy atom. The van der Waals surface area contributed by atoms with E-state index >= 15 is 0 Å². The minimum atomic E-state index is -1.08. The maximum atomic E-state index is 12.3. The molecule has 17 nitrogen and oxygen atoms in total. The lowest BCUT2D eigenvalue weighted by Crippen LogP contribution is -2.51. The van der Waals surface area contributed by atoms with Crippen LogP contribution in [0.3, 0.4) is 0 Å². The number of nitrogens with one attached hydrogen (secondary N) is 3. The van der Waals surface area contributed by atoms with E-state index in [4.69, 9.17) is 38.3 Å². The van der Waals surface area contributed by atoms with Gasteiger partial charge in [-0.1, -0.05) is 54.6 Å². The summed E-state index contributed by atoms with van der Waals surface area (Å²) in [6, 6.07) is 25.8. The molecule has 10 atom stereocenters. The van der Waals surface area contributed by atoms with Crippen LogP contribution in [0, 0.1) is 35.5 Å². The molecule has 14 rings (SSSR count). The Hall–Kier alpha value is -7.63. The van der Waals surface area contributed by atoms with E-state index in [0.717, 1.165) is 91.3 Å². The third-order valence-corrected chi connectivity index (χ3v) is 18.8. The van der Waals surface area contributed by atoms with Crippen LogP contribution in [0.1, 0.15) is 81.1 Å². The largest absolute Gasteiger partial charge is 0.550 e. The van der Waals surface area contributed by atoms with Gasteiger partial charge in [-0.2, -0.15) is 0 Å². The number of hydrogen-bond acceptors (Lipinski definition) is 13. The highest BCUT2D eigenvalue weighted by atomic mass is 16.5. The van der Waals surface area contributed by atoms with Gasteiger partial charge < -0.3 is 58.2 Å². The van der Waals surface area contributed by atoms with Crippen LogP contribution in [0.4, 0.5) is 0 Å². The number of esters is 3. The average molecular weight is 1120 g/mol. The number of nitrogens with zero attached hydrogens (tertiary/aromatic N) is 3. The third-order valence-electron chi connectivity index (χ3n) is 18.8. The van der Waals surface area contributed by atoms with Gasteiger partial charge in [-0.05, 0) is 94.8 Å². The molecule has 0 bridgehead atoms. The predicted molar refractivity (Wildman–Crippen MR) is 308 cm³/mol. The van der Waals surface area contributed by atoms with Crippen molar-refractivity contribution in [1.29, 1.82) is 0 Å². The topological polar surface area (TPSA) is 204 Å². The van der Waals surface area contributed by atoms with Crippen molar-refractivity contribution in [1.82, 2.24) is 24.8 Å². The van der Waals surface area contributed by atoms with Crippen molar-refractivity contribution >= 4 is 62.3 Å². The lowest BCUT2D eigenvalue weighted by Gasteiger charge is -2.49. The van der Waals surface area contributed by atoms with Crippen LogP contribution in [0.5, 0.6) is 0 Å². The molecule has 432 valence electrons. The minimum absolute atomic E-state index is 0.110. The highest BCUT2D eigenvalue weighted by molar-refractivity contribution is 6.04. The number of benzene rings is 3. The maximum Gasteiger partial charge on any atom is 0.337 e. The van der Waals surface area contributed by atoms with Crippen LogP contribution >= 0.6 is 0 Å². The summed E-state index contributed by atoms with van der Waals surface area (Å²) in [5.41, 5.74) is 13.8. The van der Waals surface area contributed by atoms with Crippen LogP contribution in [-0.2, 0) is 66.9 Å². The molecule has 0 aliphatic carbocycles. The molecule has 8 aliphatic heterocycles. The van der Waals surface area contributed by atoms with Gasteiger partial charge in [-0.15, -0.1) is 0 Å². The molecule has 11 heterocycles. The SMILES string of the molecule is CC(=O)[O-].COC(=O)C1=COC(C)C2CN(CCc3c[nH]c4ccccc34)CCC12.COC(=O)C1=COC(C)C2CN3CCc4c([nH]c5ccccc45)C3CC12.COC(=O)C1=COC(C)[C@@H]2C[N+]3=C(CC12)c1[nH]c2ccccc2c1CC3. The molecule has 0 spiro atoms. The number of carbonyl (C=O) groups is 4. The van der Waals surface area contributed by atoms with Crippen LogP contribution in [0.2, 0.25) is 0 Å². The first-order valence-corrected chi connectivity index (χ1v) is 29.1. The van der Waals surface area contributed by atoms with Gasteiger partial charge in [0.1, 0.15) is 24.9 Å². The summed E-state index contributed by atoms with van der Waals surface area (Å²) in [4.78, 5) is 61.2. The standard InChI is InChI=1S/C21H24N2O3.C21H22N2O3.C21H26N2O3.C2H4O2/c2*1-12-16-10-23-8-7-14-13-5-3-4-6-18(13)22-20(14)19(23)9-15(16)17(11-26-12)21(24)25-2;1-14-18-12-23(10-8-17(18)19(13-26-14)21(24)25-2)9-7-15-11-22-20-6-4-3-5-16(15)20;1-2(3)4/h3-6,11-12,15-16,19,22H,7-10H2,1-2H3;3-6,11-12,15-16H,7-10H2,1-2H3;3-6,11,13-14,17-18,22H,7-10,12H2,1-2H3;1H3,(H,3,4)/t;12?,15?,16-;;/m.0../s1. The molecule has 8 aliphatic rings. The molecule has 0 saturated carbocycles. The Kier molecular flexibility index (Phi) is 16.5. The number of carboxylic acid groups (broad SMARTS) is 1. The van der Waals surface area contributed by atoms with Gasteiger partial charge in [0.2, 0.25) is 5.71 Å². The number of aromatic nitrogens is 3. The van der Waals surface area contributed by atoms with Crippen molar-refractivity contribution in [3.8, 4) is 0 Å². The first-order valence-electron chi connectivity index (χ1n) is 29.1. The molecule has 82 heavy (non-hydrogen) atoms. The normalized spacial score (nSPS) is 26.9. The van der Waals surface area contributed by atoms with E-state index < -0.39 is 5.97 Å². The fourth-order valence-electron chi connectivity index (χ4n) is 14.5. The minimum Gasteiger partial charge on any atom is -0.550 e. The van der Waals surface area contributed by atoms with E-state index in [9.17, 15) is 14.4 Å². The molecule has 0 amide bonds. The number of aromatic amines is 3. The van der Waals surface area contributed by atoms with Crippen molar-refractivity contribution in [2.45, 2.75) is 90.6 Å². The number of rotatable bonds is 6. The molecular formula is C65H76N6O11. The molecule has 6 aromatic rings. The molecule has 17 heteroatoms. The highest BCUT2D eigenvalue weighted by Crippen LogP contribution is 2.48. The number of aliphatic carboxylic acids is 1. The lowest BCUT2D eigenvalue weighted by atomic mass is 9.72. The number of carboxylic acids is 1. The number of ether oxygens (including phenoxy) is 6. The Balaban J connectivity index is 0.000000125. The fraction of sp³-hybridized carbons (Fsp3) is 0.462. The summed E-state index contributed by atoms with van der Waals surface area (Å²) in [5, 5.41) is 12.9. The van der Waals surface area contributed by atoms with Gasteiger partial charge in [0, 0.05) is 119 Å². The molecular weight excluding hydrogens is 1040 g/mol. The quantitative estimate of drug-likeness (QED) is 0.0833. The highest BCUT2D eigenvalue weighted by Gasteiger charge is 2.49. The van der Waals surface area contributed by atoms with Crippen molar-refractivity contribution in [2.75, 3.05) is 67.1 Å². The first-order chi connectivity index (χ1) is 39.7. The Labute approximate surface area is 478 Å². The van der Waals surface area contributed by atoms with E-state index in [1.165, 1.54) is 87.8 Å². The molecule has 0 radical (unpaired) electrons. The number of para-hydroxylation sites is 3. The predicted octanol–water partition coefficient (Wildman–Crippen LogP) is 7.70. The first kappa shape index (κ1) is 56.2. The van der Waals surface area contributed by atoms with Crippen molar-refractivity contribution < 1.29 is 57.3 Å². The van der Waals surface area contributed by atoms with Gasteiger partial charge in [-0.25, -0.2) is 19.0 Å². The number of methoxy groups -OCH3 is 3. The molecule has 2 saturated heterocycles. The number of likely N-dealkylation sites (tertiary alicyclic amines) is 1. The summed E-state index contributed by atoms with van der Waals surface area (Å²) in [6.07, 6.45) is 13.3. The second-order valence-corrected chi connectivity index (χ2v) is 23.1. The zero-order valence-electron chi connectivity index (χ0n) is 48.0.